The molecule has 0 radical (unpaired) electrons. The molecule has 3 aromatic rings. The number of piperazine rings is 1. The van der Waals surface area contributed by atoms with Crippen LogP contribution in [0.1, 0.15) is 17.5 Å². The number of nitrogens with one attached hydrogen (secondary N) is 1. The highest BCUT2D eigenvalue weighted by Gasteiger charge is 2.24. The van der Waals surface area contributed by atoms with Gasteiger partial charge in [0.25, 0.3) is 5.69 Å². The Morgan fingerprint density at radius 1 is 1.28 bits per heavy atom. The van der Waals surface area contributed by atoms with Gasteiger partial charge in [-0.3, -0.25) is 15.0 Å². The van der Waals surface area contributed by atoms with E-state index in [1.807, 2.05) is 6.07 Å². The number of halogens is 1. The lowest BCUT2D eigenvalue weighted by Crippen LogP contribution is -2.46. The van der Waals surface area contributed by atoms with Crippen molar-refractivity contribution >= 4 is 5.69 Å². The number of hydrogen-bond donors (Lipinski definition) is 1. The van der Waals surface area contributed by atoms with Crippen LogP contribution in [0.2, 0.25) is 0 Å². The monoisotopic (exact) mass is 396 g/mol. The lowest BCUT2D eigenvalue weighted by molar-refractivity contribution is -0.384. The Kier molecular flexibility index (Phi) is 5.64. The van der Waals surface area contributed by atoms with Crippen molar-refractivity contribution in [1.82, 2.24) is 15.2 Å². The maximum Gasteiger partial charge on any atom is 0.270 e. The highest BCUT2D eigenvalue weighted by Crippen LogP contribution is 2.26. The molecule has 150 valence electrons. The van der Waals surface area contributed by atoms with Crippen LogP contribution >= 0.6 is 0 Å². The SMILES string of the molecule is O=[N+]([O-])c1cccc(-c2cnc(CCN3CCNCC3c3cccc(F)c3)o2)c1. The lowest BCUT2D eigenvalue weighted by atomic mass is 10.0. The molecule has 1 unspecified atom stereocenters. The number of hydrogen-bond acceptors (Lipinski definition) is 6. The summed E-state index contributed by atoms with van der Waals surface area (Å²) < 4.78 is 19.5. The quantitative estimate of drug-likeness (QED) is 0.506. The highest BCUT2D eigenvalue weighted by atomic mass is 19.1. The van der Waals surface area contributed by atoms with Gasteiger partial charge in [-0.05, 0) is 17.7 Å². The van der Waals surface area contributed by atoms with Crippen LogP contribution < -0.4 is 5.32 Å². The van der Waals surface area contributed by atoms with E-state index in [-0.39, 0.29) is 17.5 Å². The Labute approximate surface area is 167 Å². The van der Waals surface area contributed by atoms with Gasteiger partial charge in [-0.25, -0.2) is 9.37 Å². The van der Waals surface area contributed by atoms with Crippen molar-refractivity contribution in [2.24, 2.45) is 0 Å². The van der Waals surface area contributed by atoms with Crippen LogP contribution in [0.5, 0.6) is 0 Å². The summed E-state index contributed by atoms with van der Waals surface area (Å²) in [5.74, 6) is 0.844. The number of benzene rings is 2. The van der Waals surface area contributed by atoms with E-state index in [9.17, 15) is 14.5 Å². The Morgan fingerprint density at radius 2 is 2.14 bits per heavy atom. The summed E-state index contributed by atoms with van der Waals surface area (Å²) in [5, 5.41) is 14.3. The van der Waals surface area contributed by atoms with E-state index in [4.69, 9.17) is 4.42 Å². The minimum absolute atomic E-state index is 0.0131. The molecule has 1 saturated heterocycles. The molecule has 0 bridgehead atoms. The second-order valence-corrected chi connectivity index (χ2v) is 6.99. The summed E-state index contributed by atoms with van der Waals surface area (Å²) in [6.07, 6.45) is 2.19. The molecule has 1 aromatic heterocycles. The van der Waals surface area contributed by atoms with Crippen LogP contribution in [0.3, 0.4) is 0 Å². The topological polar surface area (TPSA) is 84.4 Å². The molecule has 0 amide bonds. The summed E-state index contributed by atoms with van der Waals surface area (Å²) in [5.41, 5.74) is 1.58. The van der Waals surface area contributed by atoms with Gasteiger partial charge in [0.15, 0.2) is 11.7 Å². The molecule has 0 saturated carbocycles. The van der Waals surface area contributed by atoms with Crippen LogP contribution in [0.4, 0.5) is 10.1 Å². The van der Waals surface area contributed by atoms with Gasteiger partial charge < -0.3 is 9.73 Å². The van der Waals surface area contributed by atoms with Crippen molar-refractivity contribution in [3.05, 3.63) is 82.1 Å². The summed E-state index contributed by atoms with van der Waals surface area (Å²) in [4.78, 5) is 17.1. The standard InChI is InChI=1S/C21H21FN4O3/c22-17-5-1-3-15(11-17)19-13-23-8-10-25(19)9-7-21-24-14-20(29-21)16-4-2-6-18(12-16)26(27)28/h1-6,11-12,14,19,23H,7-10,13H2. The average molecular weight is 396 g/mol. The van der Waals surface area contributed by atoms with Gasteiger partial charge >= 0.3 is 0 Å². The summed E-state index contributed by atoms with van der Waals surface area (Å²) >= 11 is 0. The zero-order valence-corrected chi connectivity index (χ0v) is 15.8. The number of rotatable bonds is 6. The van der Waals surface area contributed by atoms with Gasteiger partial charge in [0.1, 0.15) is 5.82 Å². The minimum atomic E-state index is -0.433. The first kappa shape index (κ1) is 19.2. The summed E-state index contributed by atoms with van der Waals surface area (Å²) in [7, 11) is 0. The number of non-ortho nitro benzene ring substituents is 1. The third-order valence-corrected chi connectivity index (χ3v) is 5.10. The van der Waals surface area contributed by atoms with Gasteiger partial charge in [0, 0.05) is 56.3 Å². The molecule has 2 heterocycles. The molecule has 1 atom stereocenters. The number of nitro groups is 1. The fourth-order valence-electron chi connectivity index (χ4n) is 3.63. The predicted molar refractivity (Wildman–Crippen MR) is 106 cm³/mol. The van der Waals surface area contributed by atoms with E-state index in [1.165, 1.54) is 18.2 Å². The molecule has 0 spiro atoms. The van der Waals surface area contributed by atoms with Gasteiger partial charge in [-0.2, -0.15) is 0 Å². The largest absolute Gasteiger partial charge is 0.441 e. The maximum absolute atomic E-state index is 13.6. The molecule has 2 aromatic carbocycles. The summed E-state index contributed by atoms with van der Waals surface area (Å²) in [6.45, 7) is 3.20. The van der Waals surface area contributed by atoms with Crippen LogP contribution in [0.15, 0.2) is 59.1 Å². The van der Waals surface area contributed by atoms with Crippen LogP contribution in [-0.2, 0) is 6.42 Å². The predicted octanol–water partition coefficient (Wildman–Crippen LogP) is 3.58. The highest BCUT2D eigenvalue weighted by molar-refractivity contribution is 5.60. The first-order valence-electron chi connectivity index (χ1n) is 9.50. The third kappa shape index (κ3) is 4.49. The van der Waals surface area contributed by atoms with E-state index < -0.39 is 4.92 Å². The van der Waals surface area contributed by atoms with E-state index in [0.717, 1.165) is 31.7 Å². The molecular formula is C21H21FN4O3. The first-order valence-corrected chi connectivity index (χ1v) is 9.50. The Balaban J connectivity index is 1.45. The molecule has 4 rings (SSSR count). The molecule has 8 heteroatoms. The zero-order valence-electron chi connectivity index (χ0n) is 15.8. The Hall–Kier alpha value is -3.10. The zero-order chi connectivity index (χ0) is 20.2. The lowest BCUT2D eigenvalue weighted by Gasteiger charge is -2.36. The van der Waals surface area contributed by atoms with Crippen molar-refractivity contribution < 1.29 is 13.7 Å². The first-order chi connectivity index (χ1) is 14.1. The second kappa shape index (κ2) is 8.50. The molecule has 1 aliphatic rings. The van der Waals surface area contributed by atoms with Crippen molar-refractivity contribution in [3.8, 4) is 11.3 Å². The molecule has 1 N–H and O–H groups in total. The van der Waals surface area contributed by atoms with E-state index in [2.05, 4.69) is 15.2 Å². The van der Waals surface area contributed by atoms with E-state index in [0.29, 0.717) is 23.6 Å². The normalized spacial score (nSPS) is 17.3. The van der Waals surface area contributed by atoms with Gasteiger partial charge in [-0.1, -0.05) is 24.3 Å². The third-order valence-electron chi connectivity index (χ3n) is 5.10. The van der Waals surface area contributed by atoms with Crippen molar-refractivity contribution in [2.75, 3.05) is 26.2 Å². The van der Waals surface area contributed by atoms with Crippen molar-refractivity contribution in [2.45, 2.75) is 12.5 Å². The van der Waals surface area contributed by atoms with Gasteiger partial charge in [0.05, 0.1) is 11.1 Å². The number of nitrogens with zero attached hydrogens (tertiary/aromatic N) is 3. The molecule has 29 heavy (non-hydrogen) atoms. The maximum atomic E-state index is 13.6. The van der Waals surface area contributed by atoms with Crippen LogP contribution in [0, 0.1) is 15.9 Å². The van der Waals surface area contributed by atoms with Gasteiger partial charge in [0.2, 0.25) is 0 Å². The van der Waals surface area contributed by atoms with Crippen molar-refractivity contribution in [1.29, 1.82) is 0 Å². The Morgan fingerprint density at radius 3 is 2.97 bits per heavy atom. The smallest absolute Gasteiger partial charge is 0.270 e. The number of nitro benzene ring substituents is 1. The molecule has 7 nitrogen and oxygen atoms in total. The minimum Gasteiger partial charge on any atom is -0.441 e. The van der Waals surface area contributed by atoms with Crippen LogP contribution in [0.25, 0.3) is 11.3 Å². The fourth-order valence-corrected chi connectivity index (χ4v) is 3.63. The van der Waals surface area contributed by atoms with Crippen molar-refractivity contribution in [3.63, 3.8) is 0 Å². The molecule has 0 aliphatic carbocycles. The second-order valence-electron chi connectivity index (χ2n) is 6.99. The van der Waals surface area contributed by atoms with Gasteiger partial charge in [-0.15, -0.1) is 0 Å². The molecule has 1 fully saturated rings. The summed E-state index contributed by atoms with van der Waals surface area (Å²) in [6, 6.07) is 13.1. The number of aromatic nitrogens is 1. The van der Waals surface area contributed by atoms with E-state index >= 15 is 0 Å². The molecular weight excluding hydrogens is 375 g/mol. The van der Waals surface area contributed by atoms with Crippen LogP contribution in [-0.4, -0.2) is 41.0 Å². The average Bonchev–Trinajstić information content (AvgIpc) is 3.22. The Bertz CT molecular complexity index is 1010. The fraction of sp³-hybridized carbons (Fsp3) is 0.286. The molecule has 1 aliphatic heterocycles. The number of oxazole rings is 1. The van der Waals surface area contributed by atoms with E-state index in [1.54, 1.807) is 30.5 Å².